The molecule has 0 atom stereocenters. The lowest BCUT2D eigenvalue weighted by Gasteiger charge is -2.04. The van der Waals surface area contributed by atoms with E-state index < -0.39 is 29.1 Å². The van der Waals surface area contributed by atoms with Gasteiger partial charge in [-0.05, 0) is 0 Å². The summed E-state index contributed by atoms with van der Waals surface area (Å²) in [4.78, 5) is 22.5. The van der Waals surface area contributed by atoms with Crippen molar-refractivity contribution in [2.45, 2.75) is 6.18 Å². The molecule has 2 rings (SSSR count). The van der Waals surface area contributed by atoms with Gasteiger partial charge in [0.1, 0.15) is 11.3 Å². The number of alkyl halides is 3. The Morgan fingerprint density at radius 1 is 1.12 bits per heavy atom. The second-order valence-corrected chi connectivity index (χ2v) is 3.43. The number of hydrogen-bond donors (Lipinski definition) is 1. The molecule has 1 aliphatic carbocycles. The standard InChI is InChI=1S/C11H5F3O3/c12-11(13,14)10(17)7-8(15)5-3-1-2-4-6(5)9(7)16/h1-4,15H. The molecule has 17 heavy (non-hydrogen) atoms. The van der Waals surface area contributed by atoms with Gasteiger partial charge in [-0.3, -0.25) is 9.59 Å². The Balaban J connectivity index is 2.57. The lowest BCUT2D eigenvalue weighted by atomic mass is 10.1. The van der Waals surface area contributed by atoms with E-state index in [1.165, 1.54) is 24.3 Å². The maximum absolute atomic E-state index is 12.2. The van der Waals surface area contributed by atoms with E-state index in [4.69, 9.17) is 0 Å². The Bertz CT molecular complexity index is 555. The van der Waals surface area contributed by atoms with Crippen molar-refractivity contribution in [3.63, 3.8) is 0 Å². The molecule has 0 radical (unpaired) electrons. The quantitative estimate of drug-likeness (QED) is 0.768. The number of halogens is 3. The van der Waals surface area contributed by atoms with Crippen LogP contribution in [0.4, 0.5) is 13.2 Å². The molecule has 0 bridgehead atoms. The zero-order valence-electron chi connectivity index (χ0n) is 8.21. The van der Waals surface area contributed by atoms with Gasteiger partial charge in [0, 0.05) is 11.1 Å². The summed E-state index contributed by atoms with van der Waals surface area (Å²) >= 11 is 0. The highest BCUT2D eigenvalue weighted by molar-refractivity contribution is 6.35. The minimum absolute atomic E-state index is 0.0508. The van der Waals surface area contributed by atoms with E-state index in [-0.39, 0.29) is 11.1 Å². The van der Waals surface area contributed by atoms with Crippen LogP contribution in [-0.4, -0.2) is 22.8 Å². The maximum atomic E-state index is 12.2. The molecule has 6 heteroatoms. The highest BCUT2D eigenvalue weighted by Crippen LogP contribution is 2.34. The first kappa shape index (κ1) is 11.4. The molecule has 1 aromatic carbocycles. The zero-order valence-corrected chi connectivity index (χ0v) is 8.21. The Morgan fingerprint density at radius 2 is 1.65 bits per heavy atom. The highest BCUT2D eigenvalue weighted by Gasteiger charge is 2.47. The molecule has 3 nitrogen and oxygen atoms in total. The van der Waals surface area contributed by atoms with E-state index >= 15 is 0 Å². The van der Waals surface area contributed by atoms with E-state index in [9.17, 15) is 27.9 Å². The summed E-state index contributed by atoms with van der Waals surface area (Å²) in [6.07, 6.45) is -5.18. The number of benzene rings is 1. The number of fused-ring (bicyclic) bond motifs is 1. The average Bonchev–Trinajstić information content (AvgIpc) is 2.51. The molecule has 0 saturated carbocycles. The van der Waals surface area contributed by atoms with Crippen LogP contribution in [0.15, 0.2) is 29.8 Å². The molecule has 0 aliphatic heterocycles. The third-order valence-corrected chi connectivity index (χ3v) is 2.38. The van der Waals surface area contributed by atoms with E-state index in [1.54, 1.807) is 0 Å². The lowest BCUT2D eigenvalue weighted by Crippen LogP contribution is -2.27. The van der Waals surface area contributed by atoms with E-state index in [1.807, 2.05) is 0 Å². The number of rotatable bonds is 1. The van der Waals surface area contributed by atoms with Crippen LogP contribution in [0.5, 0.6) is 0 Å². The van der Waals surface area contributed by atoms with Crippen LogP contribution in [0.25, 0.3) is 5.76 Å². The third-order valence-electron chi connectivity index (χ3n) is 2.38. The molecular weight excluding hydrogens is 237 g/mol. The number of carbonyl (C=O) groups is 2. The van der Waals surface area contributed by atoms with E-state index in [2.05, 4.69) is 0 Å². The summed E-state index contributed by atoms with van der Waals surface area (Å²) in [6, 6.07) is 5.41. The molecule has 0 saturated heterocycles. The molecule has 0 spiro atoms. The number of allylic oxidation sites excluding steroid dienone is 1. The fourth-order valence-corrected chi connectivity index (χ4v) is 1.62. The molecular formula is C11H5F3O3. The van der Waals surface area contributed by atoms with Crippen LogP contribution in [0.3, 0.4) is 0 Å². The SMILES string of the molecule is O=C1C(C(=O)C(F)(F)F)=C(O)c2ccccc21. The summed E-state index contributed by atoms with van der Waals surface area (Å²) < 4.78 is 36.7. The minimum Gasteiger partial charge on any atom is -0.506 e. The Kier molecular flexibility index (Phi) is 2.30. The molecule has 0 amide bonds. The fraction of sp³-hybridized carbons (Fsp3) is 0.0909. The normalized spacial score (nSPS) is 15.1. The van der Waals surface area contributed by atoms with Crippen LogP contribution in [0, 0.1) is 0 Å². The van der Waals surface area contributed by atoms with Crippen LogP contribution in [0.1, 0.15) is 15.9 Å². The van der Waals surface area contributed by atoms with Gasteiger partial charge < -0.3 is 5.11 Å². The van der Waals surface area contributed by atoms with Gasteiger partial charge in [0.15, 0.2) is 0 Å². The number of aliphatic hydroxyl groups excluding tert-OH is 1. The number of hydrogen-bond acceptors (Lipinski definition) is 3. The lowest BCUT2D eigenvalue weighted by molar-refractivity contribution is -0.166. The van der Waals surface area contributed by atoms with Gasteiger partial charge in [0.05, 0.1) is 0 Å². The molecule has 1 N–H and O–H groups in total. The van der Waals surface area contributed by atoms with Gasteiger partial charge in [-0.1, -0.05) is 24.3 Å². The Labute approximate surface area is 93.2 Å². The van der Waals surface area contributed by atoms with Gasteiger partial charge in [0.25, 0.3) is 5.78 Å². The van der Waals surface area contributed by atoms with E-state index in [0.717, 1.165) is 0 Å². The second-order valence-electron chi connectivity index (χ2n) is 3.43. The third kappa shape index (κ3) is 1.61. The largest absolute Gasteiger partial charge is 0.506 e. The van der Waals surface area contributed by atoms with Crippen LogP contribution in [-0.2, 0) is 4.79 Å². The van der Waals surface area contributed by atoms with Crippen molar-refractivity contribution in [1.29, 1.82) is 0 Å². The first-order valence-electron chi connectivity index (χ1n) is 4.53. The van der Waals surface area contributed by atoms with Crippen molar-refractivity contribution < 1.29 is 27.9 Å². The van der Waals surface area contributed by atoms with Gasteiger partial charge in [0.2, 0.25) is 5.78 Å². The molecule has 0 unspecified atom stereocenters. The molecule has 0 heterocycles. The number of carbonyl (C=O) groups excluding carboxylic acids is 2. The summed E-state index contributed by atoms with van der Waals surface area (Å²) in [5, 5.41) is 9.48. The van der Waals surface area contributed by atoms with Crippen LogP contribution < -0.4 is 0 Å². The summed E-state index contributed by atoms with van der Waals surface area (Å²) in [5.74, 6) is -4.33. The predicted octanol–water partition coefficient (Wildman–Crippen LogP) is 2.28. The second kappa shape index (κ2) is 3.44. The summed E-state index contributed by atoms with van der Waals surface area (Å²) in [6.45, 7) is 0. The number of Topliss-reactive ketones (excluding diaryl/α,β-unsaturated/α-hetero) is 2. The fourth-order valence-electron chi connectivity index (χ4n) is 1.62. The van der Waals surface area contributed by atoms with Crippen molar-refractivity contribution in [3.05, 3.63) is 41.0 Å². The van der Waals surface area contributed by atoms with Gasteiger partial charge in [-0.25, -0.2) is 0 Å². The van der Waals surface area contributed by atoms with Crippen molar-refractivity contribution >= 4 is 17.3 Å². The molecule has 1 aliphatic rings. The molecule has 0 fully saturated rings. The molecule has 88 valence electrons. The van der Waals surface area contributed by atoms with Gasteiger partial charge in [-0.15, -0.1) is 0 Å². The van der Waals surface area contributed by atoms with Crippen molar-refractivity contribution in [3.8, 4) is 0 Å². The molecule has 1 aromatic rings. The number of ketones is 2. The maximum Gasteiger partial charge on any atom is 0.455 e. The zero-order chi connectivity index (χ0) is 12.8. The number of aliphatic hydroxyl groups is 1. The predicted molar refractivity (Wildman–Crippen MR) is 51.4 cm³/mol. The van der Waals surface area contributed by atoms with Gasteiger partial charge >= 0.3 is 6.18 Å². The summed E-state index contributed by atoms with van der Waals surface area (Å²) in [5.41, 5.74) is -1.36. The monoisotopic (exact) mass is 242 g/mol. The Hall–Kier alpha value is -2.11. The topological polar surface area (TPSA) is 54.4 Å². The first-order valence-corrected chi connectivity index (χ1v) is 4.53. The van der Waals surface area contributed by atoms with Crippen molar-refractivity contribution in [2.75, 3.05) is 0 Å². The Morgan fingerprint density at radius 3 is 2.12 bits per heavy atom. The first-order chi connectivity index (χ1) is 7.84. The van der Waals surface area contributed by atoms with Crippen LogP contribution in [0.2, 0.25) is 0 Å². The minimum atomic E-state index is -5.18. The van der Waals surface area contributed by atoms with E-state index in [0.29, 0.717) is 0 Å². The van der Waals surface area contributed by atoms with Crippen molar-refractivity contribution in [2.24, 2.45) is 0 Å². The highest BCUT2D eigenvalue weighted by atomic mass is 19.4. The molecule has 0 aromatic heterocycles. The smallest absolute Gasteiger partial charge is 0.455 e. The summed E-state index contributed by atoms with van der Waals surface area (Å²) in [7, 11) is 0. The van der Waals surface area contributed by atoms with Crippen LogP contribution >= 0.6 is 0 Å². The van der Waals surface area contributed by atoms with Crippen molar-refractivity contribution in [1.82, 2.24) is 0 Å². The van der Waals surface area contributed by atoms with Gasteiger partial charge in [-0.2, -0.15) is 13.2 Å². The average molecular weight is 242 g/mol.